The van der Waals surface area contributed by atoms with Crippen molar-refractivity contribution < 1.29 is 4.74 Å². The average Bonchev–Trinajstić information content (AvgIpc) is 2.72. The van der Waals surface area contributed by atoms with Gasteiger partial charge in [0.1, 0.15) is 5.82 Å². The maximum atomic E-state index is 5.94. The molecule has 0 spiro atoms. The summed E-state index contributed by atoms with van der Waals surface area (Å²) < 4.78 is 7.23. The number of aryl methyl sites for hydroxylation is 1. The lowest BCUT2D eigenvalue weighted by atomic mass is 10.1. The van der Waals surface area contributed by atoms with Gasteiger partial charge in [-0.2, -0.15) is 0 Å². The minimum absolute atomic E-state index is 0.222. The van der Waals surface area contributed by atoms with Gasteiger partial charge in [0, 0.05) is 45.1 Å². The van der Waals surface area contributed by atoms with E-state index in [4.69, 9.17) is 10.5 Å². The molecule has 92 valence electrons. The van der Waals surface area contributed by atoms with Crippen LogP contribution in [0.4, 0.5) is 0 Å². The highest BCUT2D eigenvalue weighted by Gasteiger charge is 2.07. The van der Waals surface area contributed by atoms with Gasteiger partial charge in [-0.3, -0.25) is 0 Å². The zero-order valence-corrected chi connectivity index (χ0v) is 10.4. The molecule has 16 heavy (non-hydrogen) atoms. The summed E-state index contributed by atoms with van der Waals surface area (Å²) in [5.41, 5.74) is 5.94. The van der Waals surface area contributed by atoms with Crippen LogP contribution in [-0.2, 0) is 17.7 Å². The lowest BCUT2D eigenvalue weighted by Crippen LogP contribution is -2.23. The first kappa shape index (κ1) is 13.2. The molecule has 0 fully saturated rings. The van der Waals surface area contributed by atoms with E-state index in [0.717, 1.165) is 44.7 Å². The number of ether oxygens (including phenoxy) is 1. The Labute approximate surface area is 97.8 Å². The largest absolute Gasteiger partial charge is 0.385 e. The highest BCUT2D eigenvalue weighted by atomic mass is 16.5. The lowest BCUT2D eigenvalue weighted by Gasteiger charge is -2.11. The molecule has 0 radical (unpaired) electrons. The summed E-state index contributed by atoms with van der Waals surface area (Å²) in [6.45, 7) is 3.95. The van der Waals surface area contributed by atoms with E-state index in [1.807, 2.05) is 12.4 Å². The molecule has 1 aromatic rings. The summed E-state index contributed by atoms with van der Waals surface area (Å²) >= 11 is 0. The Balaban J connectivity index is 2.38. The van der Waals surface area contributed by atoms with E-state index in [1.54, 1.807) is 7.11 Å². The Morgan fingerprint density at radius 1 is 1.50 bits per heavy atom. The van der Waals surface area contributed by atoms with Crippen LogP contribution in [-0.4, -0.2) is 29.3 Å². The molecule has 0 amide bonds. The second-order valence-corrected chi connectivity index (χ2v) is 4.11. The molecule has 1 heterocycles. The number of aromatic nitrogens is 2. The van der Waals surface area contributed by atoms with Crippen molar-refractivity contribution in [2.45, 2.75) is 45.2 Å². The molecule has 0 saturated heterocycles. The van der Waals surface area contributed by atoms with E-state index >= 15 is 0 Å². The predicted octanol–water partition coefficient (Wildman–Crippen LogP) is 1.59. The monoisotopic (exact) mass is 225 g/mol. The topological polar surface area (TPSA) is 53.1 Å². The van der Waals surface area contributed by atoms with Crippen molar-refractivity contribution >= 4 is 0 Å². The molecule has 1 atom stereocenters. The number of hydrogen-bond acceptors (Lipinski definition) is 3. The SMILES string of the molecule is CCC(N)Cc1nccn1CCCCOC. The highest BCUT2D eigenvalue weighted by Crippen LogP contribution is 2.05. The van der Waals surface area contributed by atoms with Crippen molar-refractivity contribution in [3.05, 3.63) is 18.2 Å². The summed E-state index contributed by atoms with van der Waals surface area (Å²) in [7, 11) is 1.74. The molecular weight excluding hydrogens is 202 g/mol. The maximum Gasteiger partial charge on any atom is 0.110 e. The van der Waals surface area contributed by atoms with E-state index in [0.29, 0.717) is 0 Å². The minimum Gasteiger partial charge on any atom is -0.385 e. The third-order valence-corrected chi connectivity index (χ3v) is 2.77. The van der Waals surface area contributed by atoms with Crippen molar-refractivity contribution in [1.29, 1.82) is 0 Å². The van der Waals surface area contributed by atoms with Crippen LogP contribution < -0.4 is 5.73 Å². The summed E-state index contributed by atoms with van der Waals surface area (Å²) in [5.74, 6) is 1.10. The molecule has 4 heteroatoms. The van der Waals surface area contributed by atoms with Gasteiger partial charge in [0.25, 0.3) is 0 Å². The number of nitrogens with two attached hydrogens (primary N) is 1. The number of imidazole rings is 1. The molecule has 1 aromatic heterocycles. The van der Waals surface area contributed by atoms with Crippen LogP contribution in [0.15, 0.2) is 12.4 Å². The van der Waals surface area contributed by atoms with Gasteiger partial charge in [-0.25, -0.2) is 4.98 Å². The molecule has 2 N–H and O–H groups in total. The number of unbranched alkanes of at least 4 members (excludes halogenated alkanes) is 1. The first-order valence-electron chi connectivity index (χ1n) is 6.02. The van der Waals surface area contributed by atoms with Crippen LogP contribution in [0.3, 0.4) is 0 Å². The van der Waals surface area contributed by atoms with E-state index in [9.17, 15) is 0 Å². The Hall–Kier alpha value is -0.870. The summed E-state index contributed by atoms with van der Waals surface area (Å²) in [6, 6.07) is 0.222. The third kappa shape index (κ3) is 4.33. The van der Waals surface area contributed by atoms with Crippen LogP contribution in [0, 0.1) is 0 Å². The fourth-order valence-corrected chi connectivity index (χ4v) is 1.64. The average molecular weight is 225 g/mol. The molecule has 0 aliphatic carbocycles. The molecule has 1 unspecified atom stereocenters. The van der Waals surface area contributed by atoms with Crippen molar-refractivity contribution in [3.8, 4) is 0 Å². The Bertz CT molecular complexity index is 286. The molecule has 0 aliphatic rings. The quantitative estimate of drug-likeness (QED) is 0.684. The van der Waals surface area contributed by atoms with Crippen LogP contribution in [0.2, 0.25) is 0 Å². The molecule has 4 nitrogen and oxygen atoms in total. The van der Waals surface area contributed by atoms with Crippen LogP contribution >= 0.6 is 0 Å². The zero-order chi connectivity index (χ0) is 11.8. The van der Waals surface area contributed by atoms with Gasteiger partial charge in [-0.15, -0.1) is 0 Å². The Morgan fingerprint density at radius 2 is 2.31 bits per heavy atom. The fraction of sp³-hybridized carbons (Fsp3) is 0.750. The fourth-order valence-electron chi connectivity index (χ4n) is 1.64. The van der Waals surface area contributed by atoms with Crippen molar-refractivity contribution in [3.63, 3.8) is 0 Å². The van der Waals surface area contributed by atoms with Gasteiger partial charge < -0.3 is 15.0 Å². The van der Waals surface area contributed by atoms with Gasteiger partial charge in [0.15, 0.2) is 0 Å². The van der Waals surface area contributed by atoms with Gasteiger partial charge in [0.2, 0.25) is 0 Å². The number of rotatable bonds is 8. The number of nitrogens with zero attached hydrogens (tertiary/aromatic N) is 2. The Morgan fingerprint density at radius 3 is 3.00 bits per heavy atom. The number of methoxy groups -OCH3 is 1. The maximum absolute atomic E-state index is 5.94. The van der Waals surface area contributed by atoms with Crippen molar-refractivity contribution in [2.24, 2.45) is 5.73 Å². The second-order valence-electron chi connectivity index (χ2n) is 4.11. The molecular formula is C12H23N3O. The molecule has 0 saturated carbocycles. The summed E-state index contributed by atoms with van der Waals surface area (Å²) in [5, 5.41) is 0. The minimum atomic E-state index is 0.222. The highest BCUT2D eigenvalue weighted by molar-refractivity contribution is 4.94. The first-order valence-corrected chi connectivity index (χ1v) is 6.02. The summed E-state index contributed by atoms with van der Waals surface area (Å²) in [6.07, 6.45) is 7.97. The van der Waals surface area contributed by atoms with Gasteiger partial charge in [-0.1, -0.05) is 6.92 Å². The van der Waals surface area contributed by atoms with Crippen molar-refractivity contribution in [2.75, 3.05) is 13.7 Å². The number of hydrogen-bond donors (Lipinski definition) is 1. The van der Waals surface area contributed by atoms with Crippen LogP contribution in [0.5, 0.6) is 0 Å². The van der Waals surface area contributed by atoms with E-state index in [1.165, 1.54) is 0 Å². The molecule has 0 aromatic carbocycles. The zero-order valence-electron chi connectivity index (χ0n) is 10.4. The smallest absolute Gasteiger partial charge is 0.110 e. The van der Waals surface area contributed by atoms with Gasteiger partial charge in [-0.05, 0) is 19.3 Å². The van der Waals surface area contributed by atoms with Crippen LogP contribution in [0.25, 0.3) is 0 Å². The normalized spacial score (nSPS) is 12.9. The van der Waals surface area contributed by atoms with E-state index in [2.05, 4.69) is 16.5 Å². The predicted molar refractivity (Wildman–Crippen MR) is 65.3 cm³/mol. The van der Waals surface area contributed by atoms with Gasteiger partial charge in [0.05, 0.1) is 0 Å². The molecule has 1 rings (SSSR count). The van der Waals surface area contributed by atoms with Gasteiger partial charge >= 0.3 is 0 Å². The van der Waals surface area contributed by atoms with E-state index in [-0.39, 0.29) is 6.04 Å². The lowest BCUT2D eigenvalue weighted by molar-refractivity contribution is 0.191. The Kier molecular flexibility index (Phi) is 6.11. The summed E-state index contributed by atoms with van der Waals surface area (Å²) in [4.78, 5) is 4.35. The molecule has 0 bridgehead atoms. The standard InChI is InChI=1S/C12H23N3O/c1-3-11(13)10-12-14-6-8-15(12)7-4-5-9-16-2/h6,8,11H,3-5,7,9-10,13H2,1-2H3. The first-order chi connectivity index (χ1) is 7.77. The van der Waals surface area contributed by atoms with Crippen molar-refractivity contribution in [1.82, 2.24) is 9.55 Å². The van der Waals surface area contributed by atoms with E-state index < -0.39 is 0 Å². The third-order valence-electron chi connectivity index (χ3n) is 2.77. The van der Waals surface area contributed by atoms with Crippen LogP contribution in [0.1, 0.15) is 32.0 Å². The molecule has 0 aliphatic heterocycles. The second kappa shape index (κ2) is 7.41.